The van der Waals surface area contributed by atoms with Crippen LogP contribution in [0.4, 0.5) is 0 Å². The second kappa shape index (κ2) is 5.41. The summed E-state index contributed by atoms with van der Waals surface area (Å²) in [5, 5.41) is 0. The van der Waals surface area contributed by atoms with Crippen LogP contribution in [-0.4, -0.2) is 59.9 Å². The topological polar surface area (TPSA) is 49.3 Å². The van der Waals surface area contributed by atoms with Crippen LogP contribution in [-0.2, 0) is 0 Å². The third-order valence-corrected chi connectivity index (χ3v) is 2.01. The van der Waals surface area contributed by atoms with E-state index in [9.17, 15) is 4.79 Å². The van der Waals surface area contributed by atoms with Gasteiger partial charge in [0.05, 0.1) is 6.20 Å². The van der Waals surface area contributed by atoms with Crippen LogP contribution in [0.1, 0.15) is 10.5 Å². The van der Waals surface area contributed by atoms with Gasteiger partial charge in [-0.15, -0.1) is 0 Å². The number of hydrogen-bond donors (Lipinski definition) is 0. The average molecular weight is 208 g/mol. The Bertz CT molecular complexity index is 312. The lowest BCUT2D eigenvalue weighted by atomic mass is 10.4. The van der Waals surface area contributed by atoms with Crippen molar-refractivity contribution in [3.63, 3.8) is 0 Å². The number of aromatic nitrogens is 2. The van der Waals surface area contributed by atoms with Gasteiger partial charge in [-0.3, -0.25) is 9.78 Å². The number of nitrogens with zero attached hydrogens (tertiary/aromatic N) is 4. The Morgan fingerprint density at radius 1 is 1.27 bits per heavy atom. The summed E-state index contributed by atoms with van der Waals surface area (Å²) < 4.78 is 0. The zero-order valence-electron chi connectivity index (χ0n) is 9.34. The molecule has 0 atom stereocenters. The fraction of sp³-hybridized carbons (Fsp3) is 0.500. The van der Waals surface area contributed by atoms with Gasteiger partial charge in [0.1, 0.15) is 5.69 Å². The minimum Gasteiger partial charge on any atom is -0.339 e. The number of amides is 1. The van der Waals surface area contributed by atoms with E-state index in [0.29, 0.717) is 12.2 Å². The van der Waals surface area contributed by atoms with Crippen molar-refractivity contribution >= 4 is 5.91 Å². The first-order chi connectivity index (χ1) is 7.11. The number of carbonyl (C=O) groups excluding carboxylic acids is 1. The Morgan fingerprint density at radius 3 is 2.53 bits per heavy atom. The Labute approximate surface area is 89.7 Å². The van der Waals surface area contributed by atoms with Gasteiger partial charge in [-0.2, -0.15) is 0 Å². The Hall–Kier alpha value is -1.49. The minimum atomic E-state index is -0.0926. The molecule has 0 aliphatic rings. The molecule has 1 amide bonds. The predicted octanol–water partition coefficient (Wildman–Crippen LogP) is 0.110. The molecule has 0 aliphatic heterocycles. The van der Waals surface area contributed by atoms with E-state index in [-0.39, 0.29) is 5.91 Å². The summed E-state index contributed by atoms with van der Waals surface area (Å²) >= 11 is 0. The molecule has 0 fully saturated rings. The molecule has 0 saturated carbocycles. The summed E-state index contributed by atoms with van der Waals surface area (Å²) in [7, 11) is 5.71. The monoisotopic (exact) mass is 208 g/mol. The van der Waals surface area contributed by atoms with Crippen LogP contribution in [0.3, 0.4) is 0 Å². The van der Waals surface area contributed by atoms with Crippen LogP contribution in [0.25, 0.3) is 0 Å². The van der Waals surface area contributed by atoms with Crippen LogP contribution in [0, 0.1) is 0 Å². The molecular formula is C10H16N4O. The van der Waals surface area contributed by atoms with Crippen molar-refractivity contribution in [3.8, 4) is 0 Å². The molecule has 1 aromatic heterocycles. The maximum Gasteiger partial charge on any atom is 0.273 e. The van der Waals surface area contributed by atoms with E-state index in [4.69, 9.17) is 0 Å². The zero-order valence-corrected chi connectivity index (χ0v) is 9.34. The molecule has 5 heteroatoms. The van der Waals surface area contributed by atoms with Crippen LogP contribution in [0.2, 0.25) is 0 Å². The van der Waals surface area contributed by atoms with Crippen molar-refractivity contribution in [2.45, 2.75) is 0 Å². The Balaban J connectivity index is 2.54. The largest absolute Gasteiger partial charge is 0.339 e. The second-order valence-electron chi connectivity index (χ2n) is 3.62. The third kappa shape index (κ3) is 3.63. The van der Waals surface area contributed by atoms with E-state index < -0.39 is 0 Å². The first-order valence-electron chi connectivity index (χ1n) is 4.77. The Morgan fingerprint density at radius 2 is 2.00 bits per heavy atom. The molecule has 1 heterocycles. The first-order valence-corrected chi connectivity index (χ1v) is 4.77. The van der Waals surface area contributed by atoms with E-state index in [0.717, 1.165) is 6.54 Å². The van der Waals surface area contributed by atoms with E-state index >= 15 is 0 Å². The highest BCUT2D eigenvalue weighted by Gasteiger charge is 2.12. The van der Waals surface area contributed by atoms with Gasteiger partial charge in [0.25, 0.3) is 5.91 Å². The molecule has 0 unspecified atom stereocenters. The van der Waals surface area contributed by atoms with Crippen molar-refractivity contribution in [1.29, 1.82) is 0 Å². The van der Waals surface area contributed by atoms with E-state index in [1.165, 1.54) is 12.4 Å². The fourth-order valence-electron chi connectivity index (χ4n) is 1.06. The number of carbonyl (C=O) groups is 1. The van der Waals surface area contributed by atoms with Crippen LogP contribution < -0.4 is 0 Å². The molecule has 0 aliphatic carbocycles. The molecule has 0 radical (unpaired) electrons. The molecule has 0 N–H and O–H groups in total. The molecular weight excluding hydrogens is 192 g/mol. The van der Waals surface area contributed by atoms with Gasteiger partial charge in [-0.05, 0) is 14.1 Å². The summed E-state index contributed by atoms with van der Waals surface area (Å²) in [6.07, 6.45) is 4.55. The standard InChI is InChI=1S/C10H16N4O/c1-13(2)6-7-14(3)10(15)9-8-11-4-5-12-9/h4-5,8H,6-7H2,1-3H3. The van der Waals surface area contributed by atoms with Crippen molar-refractivity contribution < 1.29 is 4.79 Å². The van der Waals surface area contributed by atoms with Gasteiger partial charge in [0.2, 0.25) is 0 Å². The lowest BCUT2D eigenvalue weighted by molar-refractivity contribution is 0.0780. The number of rotatable bonds is 4. The van der Waals surface area contributed by atoms with E-state index in [1.54, 1.807) is 18.1 Å². The van der Waals surface area contributed by atoms with Gasteiger partial charge in [0, 0.05) is 32.5 Å². The summed E-state index contributed by atoms with van der Waals surface area (Å²) in [5.74, 6) is -0.0926. The van der Waals surface area contributed by atoms with Crippen molar-refractivity contribution in [1.82, 2.24) is 19.8 Å². The van der Waals surface area contributed by atoms with Gasteiger partial charge >= 0.3 is 0 Å². The number of likely N-dealkylation sites (N-methyl/N-ethyl adjacent to an activating group) is 2. The van der Waals surface area contributed by atoms with E-state index in [1.807, 2.05) is 19.0 Å². The van der Waals surface area contributed by atoms with Gasteiger partial charge in [-0.1, -0.05) is 0 Å². The van der Waals surface area contributed by atoms with Gasteiger partial charge < -0.3 is 9.80 Å². The van der Waals surface area contributed by atoms with Crippen molar-refractivity contribution in [2.24, 2.45) is 0 Å². The first kappa shape index (κ1) is 11.6. The fourth-order valence-corrected chi connectivity index (χ4v) is 1.06. The van der Waals surface area contributed by atoms with E-state index in [2.05, 4.69) is 9.97 Å². The Kier molecular flexibility index (Phi) is 4.17. The summed E-state index contributed by atoms with van der Waals surface area (Å²) in [6.45, 7) is 1.52. The third-order valence-electron chi connectivity index (χ3n) is 2.01. The van der Waals surface area contributed by atoms with Crippen molar-refractivity contribution in [3.05, 3.63) is 24.3 Å². The number of hydrogen-bond acceptors (Lipinski definition) is 4. The van der Waals surface area contributed by atoms with Gasteiger partial charge in [-0.25, -0.2) is 4.98 Å². The summed E-state index contributed by atoms with van der Waals surface area (Å²) in [6, 6.07) is 0. The van der Waals surface area contributed by atoms with Gasteiger partial charge in [0.15, 0.2) is 0 Å². The maximum absolute atomic E-state index is 11.8. The highest BCUT2D eigenvalue weighted by molar-refractivity contribution is 5.91. The molecule has 0 aromatic carbocycles. The quantitative estimate of drug-likeness (QED) is 0.704. The highest BCUT2D eigenvalue weighted by atomic mass is 16.2. The summed E-state index contributed by atoms with van der Waals surface area (Å²) in [4.78, 5) is 23.3. The molecule has 82 valence electrons. The molecule has 1 aromatic rings. The molecule has 1 rings (SSSR count). The van der Waals surface area contributed by atoms with Crippen molar-refractivity contribution in [2.75, 3.05) is 34.2 Å². The minimum absolute atomic E-state index is 0.0926. The van der Waals surface area contributed by atoms with Crippen LogP contribution >= 0.6 is 0 Å². The average Bonchev–Trinajstić information content (AvgIpc) is 2.26. The molecule has 15 heavy (non-hydrogen) atoms. The highest BCUT2D eigenvalue weighted by Crippen LogP contribution is 1.97. The normalized spacial score (nSPS) is 10.4. The predicted molar refractivity (Wildman–Crippen MR) is 57.5 cm³/mol. The second-order valence-corrected chi connectivity index (χ2v) is 3.62. The molecule has 0 saturated heterocycles. The van der Waals surface area contributed by atoms with Crippen LogP contribution in [0.15, 0.2) is 18.6 Å². The van der Waals surface area contributed by atoms with Crippen LogP contribution in [0.5, 0.6) is 0 Å². The lowest BCUT2D eigenvalue weighted by Gasteiger charge is -2.18. The lowest BCUT2D eigenvalue weighted by Crippen LogP contribution is -2.33. The zero-order chi connectivity index (χ0) is 11.3. The maximum atomic E-state index is 11.8. The smallest absolute Gasteiger partial charge is 0.273 e. The summed E-state index contributed by atoms with van der Waals surface area (Å²) in [5.41, 5.74) is 0.388. The molecule has 5 nitrogen and oxygen atoms in total. The molecule has 0 bridgehead atoms. The molecule has 0 spiro atoms. The SMILES string of the molecule is CN(C)CCN(C)C(=O)c1cnccn1.